The molecule has 0 radical (unpaired) electrons. The Balaban J connectivity index is 1.42. The van der Waals surface area contributed by atoms with Gasteiger partial charge in [-0.05, 0) is 48.4 Å². The maximum absolute atomic E-state index is 12.3. The summed E-state index contributed by atoms with van der Waals surface area (Å²) in [6.07, 6.45) is 4.67. The van der Waals surface area contributed by atoms with Gasteiger partial charge in [-0.1, -0.05) is 11.6 Å². The topological polar surface area (TPSA) is 48.5 Å². The molecule has 0 saturated carbocycles. The maximum Gasteiger partial charge on any atom is 0.321 e. The van der Waals surface area contributed by atoms with E-state index in [1.807, 2.05) is 29.4 Å². The first-order valence-corrected chi connectivity index (χ1v) is 8.51. The van der Waals surface area contributed by atoms with Crippen molar-refractivity contribution in [3.8, 4) is 0 Å². The van der Waals surface area contributed by atoms with Gasteiger partial charge in [-0.3, -0.25) is 9.88 Å². The highest BCUT2D eigenvalue weighted by Gasteiger charge is 2.20. The predicted octanol–water partition coefficient (Wildman–Crippen LogP) is 3.13. The zero-order chi connectivity index (χ0) is 16.8. The monoisotopic (exact) mass is 344 g/mol. The van der Waals surface area contributed by atoms with Crippen LogP contribution in [0.1, 0.15) is 5.56 Å². The van der Waals surface area contributed by atoms with Gasteiger partial charge in [-0.15, -0.1) is 0 Å². The summed E-state index contributed by atoms with van der Waals surface area (Å²) < 4.78 is 0. The first-order chi connectivity index (χ1) is 11.7. The minimum atomic E-state index is -0.0499. The van der Waals surface area contributed by atoms with E-state index in [2.05, 4.69) is 27.3 Å². The molecule has 1 N–H and O–H groups in total. The molecule has 0 bridgehead atoms. The van der Waals surface area contributed by atoms with Crippen LogP contribution in [0.15, 0.2) is 48.8 Å². The van der Waals surface area contributed by atoms with Crippen LogP contribution in [0.25, 0.3) is 0 Å². The number of amides is 2. The molecule has 0 unspecified atom stereocenters. The number of anilines is 1. The van der Waals surface area contributed by atoms with Crippen molar-refractivity contribution in [1.82, 2.24) is 14.8 Å². The van der Waals surface area contributed by atoms with Crippen LogP contribution in [0.4, 0.5) is 10.5 Å². The van der Waals surface area contributed by atoms with Crippen molar-refractivity contribution in [1.29, 1.82) is 0 Å². The number of hydrogen-bond acceptors (Lipinski definition) is 3. The maximum atomic E-state index is 12.3. The molecule has 2 aromatic rings. The van der Waals surface area contributed by atoms with Crippen LogP contribution < -0.4 is 5.32 Å². The van der Waals surface area contributed by atoms with E-state index in [0.29, 0.717) is 5.02 Å². The number of urea groups is 1. The molecule has 0 atom stereocenters. The van der Waals surface area contributed by atoms with E-state index in [1.54, 1.807) is 12.1 Å². The number of pyridine rings is 1. The molecular formula is C18H21ClN4O. The van der Waals surface area contributed by atoms with E-state index < -0.39 is 0 Å². The zero-order valence-corrected chi connectivity index (χ0v) is 14.2. The van der Waals surface area contributed by atoms with Crippen LogP contribution in [0.5, 0.6) is 0 Å². The fourth-order valence-electron chi connectivity index (χ4n) is 2.75. The second-order valence-corrected chi connectivity index (χ2v) is 6.31. The number of carbonyl (C=O) groups is 1. The lowest BCUT2D eigenvalue weighted by molar-refractivity contribution is 0.148. The van der Waals surface area contributed by atoms with Crippen LogP contribution in [-0.2, 0) is 6.42 Å². The normalized spacial score (nSPS) is 15.3. The molecule has 1 fully saturated rings. The van der Waals surface area contributed by atoms with Gasteiger partial charge in [0.15, 0.2) is 0 Å². The molecule has 2 amide bonds. The molecule has 3 rings (SSSR count). The Morgan fingerprint density at radius 3 is 2.38 bits per heavy atom. The Bertz CT molecular complexity index is 654. The van der Waals surface area contributed by atoms with E-state index in [1.165, 1.54) is 5.56 Å². The zero-order valence-electron chi connectivity index (χ0n) is 13.5. The van der Waals surface area contributed by atoms with Gasteiger partial charge in [0.25, 0.3) is 0 Å². The highest BCUT2D eigenvalue weighted by molar-refractivity contribution is 6.30. The summed E-state index contributed by atoms with van der Waals surface area (Å²) >= 11 is 5.85. The Morgan fingerprint density at radius 1 is 1.04 bits per heavy atom. The molecule has 6 heteroatoms. The molecular weight excluding hydrogens is 324 g/mol. The summed E-state index contributed by atoms with van der Waals surface area (Å²) in [5.41, 5.74) is 2.07. The van der Waals surface area contributed by atoms with Gasteiger partial charge < -0.3 is 10.2 Å². The molecule has 5 nitrogen and oxygen atoms in total. The van der Waals surface area contributed by atoms with Gasteiger partial charge in [-0.2, -0.15) is 0 Å². The van der Waals surface area contributed by atoms with E-state index in [9.17, 15) is 4.79 Å². The summed E-state index contributed by atoms with van der Waals surface area (Å²) in [7, 11) is 0. The van der Waals surface area contributed by atoms with Crippen LogP contribution in [0, 0.1) is 0 Å². The van der Waals surface area contributed by atoms with Gasteiger partial charge in [0.2, 0.25) is 0 Å². The first kappa shape index (κ1) is 16.7. The first-order valence-electron chi connectivity index (χ1n) is 8.13. The number of nitrogens with one attached hydrogen (secondary N) is 1. The summed E-state index contributed by atoms with van der Waals surface area (Å²) in [6, 6.07) is 11.2. The van der Waals surface area contributed by atoms with Crippen LogP contribution in [0.3, 0.4) is 0 Å². The lowest BCUT2D eigenvalue weighted by Crippen LogP contribution is -2.50. The number of halogens is 1. The Kier molecular flexibility index (Phi) is 5.67. The summed E-state index contributed by atoms with van der Waals surface area (Å²) in [5.74, 6) is 0. The van der Waals surface area contributed by atoms with Crippen molar-refractivity contribution in [3.05, 3.63) is 59.4 Å². The molecule has 24 heavy (non-hydrogen) atoms. The van der Waals surface area contributed by atoms with Crippen molar-refractivity contribution < 1.29 is 4.79 Å². The van der Waals surface area contributed by atoms with Crippen molar-refractivity contribution in [2.24, 2.45) is 0 Å². The highest BCUT2D eigenvalue weighted by atomic mass is 35.5. The Hall–Kier alpha value is -2.11. The summed E-state index contributed by atoms with van der Waals surface area (Å²) in [4.78, 5) is 20.6. The molecule has 0 spiro atoms. The third-order valence-electron chi connectivity index (χ3n) is 4.22. The third-order valence-corrected chi connectivity index (χ3v) is 4.47. The van der Waals surface area contributed by atoms with E-state index in [4.69, 9.17) is 11.6 Å². The van der Waals surface area contributed by atoms with Crippen molar-refractivity contribution in [3.63, 3.8) is 0 Å². The number of nitrogens with zero attached hydrogens (tertiary/aromatic N) is 3. The second kappa shape index (κ2) is 8.13. The van der Waals surface area contributed by atoms with Crippen LogP contribution >= 0.6 is 11.6 Å². The average Bonchev–Trinajstić information content (AvgIpc) is 2.63. The average molecular weight is 345 g/mol. The van der Waals surface area contributed by atoms with Gasteiger partial charge in [0, 0.05) is 55.8 Å². The Labute approximate surface area is 147 Å². The number of piperazine rings is 1. The quantitative estimate of drug-likeness (QED) is 0.927. The van der Waals surface area contributed by atoms with Crippen molar-refractivity contribution >= 4 is 23.3 Å². The smallest absolute Gasteiger partial charge is 0.321 e. The van der Waals surface area contributed by atoms with Crippen molar-refractivity contribution in [2.45, 2.75) is 6.42 Å². The van der Waals surface area contributed by atoms with Gasteiger partial charge in [0.1, 0.15) is 0 Å². The standard InChI is InChI=1S/C18H21ClN4O/c19-16-1-3-17(4-2-16)21-18(24)23-13-11-22(12-14-23)10-7-15-5-8-20-9-6-15/h1-6,8-9H,7,10-14H2,(H,21,24). The summed E-state index contributed by atoms with van der Waals surface area (Å²) in [5, 5.41) is 3.58. The summed E-state index contributed by atoms with van der Waals surface area (Å²) in [6.45, 7) is 4.31. The number of rotatable bonds is 4. The fraction of sp³-hybridized carbons (Fsp3) is 0.333. The lowest BCUT2D eigenvalue weighted by Gasteiger charge is -2.34. The minimum absolute atomic E-state index is 0.0499. The largest absolute Gasteiger partial charge is 0.322 e. The van der Waals surface area contributed by atoms with Gasteiger partial charge >= 0.3 is 6.03 Å². The number of hydrogen-bond donors (Lipinski definition) is 1. The SMILES string of the molecule is O=C(Nc1ccc(Cl)cc1)N1CCN(CCc2ccncc2)CC1. The molecule has 1 aromatic heterocycles. The number of benzene rings is 1. The third kappa shape index (κ3) is 4.69. The highest BCUT2D eigenvalue weighted by Crippen LogP contribution is 2.14. The van der Waals surface area contributed by atoms with Gasteiger partial charge in [-0.25, -0.2) is 4.79 Å². The van der Waals surface area contributed by atoms with Crippen LogP contribution in [-0.4, -0.2) is 53.5 Å². The van der Waals surface area contributed by atoms with Crippen molar-refractivity contribution in [2.75, 3.05) is 38.0 Å². The Morgan fingerprint density at radius 2 is 1.71 bits per heavy atom. The molecule has 1 aliphatic heterocycles. The molecule has 1 aromatic carbocycles. The lowest BCUT2D eigenvalue weighted by atomic mass is 10.2. The van der Waals surface area contributed by atoms with E-state index >= 15 is 0 Å². The molecule has 126 valence electrons. The second-order valence-electron chi connectivity index (χ2n) is 5.87. The molecule has 1 aliphatic rings. The number of carbonyl (C=O) groups excluding carboxylic acids is 1. The van der Waals surface area contributed by atoms with Gasteiger partial charge in [0.05, 0.1) is 0 Å². The molecule has 0 aliphatic carbocycles. The predicted molar refractivity (Wildman–Crippen MR) is 96.4 cm³/mol. The molecule has 2 heterocycles. The van der Waals surface area contributed by atoms with Crippen LogP contribution in [0.2, 0.25) is 5.02 Å². The minimum Gasteiger partial charge on any atom is -0.322 e. The van der Waals surface area contributed by atoms with E-state index in [0.717, 1.165) is 44.8 Å². The van der Waals surface area contributed by atoms with E-state index in [-0.39, 0.29) is 6.03 Å². The molecule has 1 saturated heterocycles. The number of aromatic nitrogens is 1. The fourth-order valence-corrected chi connectivity index (χ4v) is 2.87.